The van der Waals surface area contributed by atoms with E-state index in [2.05, 4.69) is 20.7 Å². The highest BCUT2D eigenvalue weighted by Crippen LogP contribution is 2.28. The quantitative estimate of drug-likeness (QED) is 0.836. The number of nitrogens with one attached hydrogen (secondary N) is 1. The van der Waals surface area contributed by atoms with Crippen LogP contribution in [0.4, 0.5) is 5.69 Å². The fourth-order valence-corrected chi connectivity index (χ4v) is 4.04. The van der Waals surface area contributed by atoms with Gasteiger partial charge in [0.1, 0.15) is 0 Å². The van der Waals surface area contributed by atoms with Crippen molar-refractivity contribution in [2.75, 3.05) is 4.72 Å². The summed E-state index contributed by atoms with van der Waals surface area (Å²) in [5.41, 5.74) is 1.47. The van der Waals surface area contributed by atoms with Crippen LogP contribution < -0.4 is 4.72 Å². The third-order valence-corrected chi connectivity index (χ3v) is 5.47. The molecule has 2 N–H and O–H groups in total. The molecule has 0 heterocycles. The van der Waals surface area contributed by atoms with Crippen molar-refractivity contribution in [3.8, 4) is 0 Å². The molecule has 112 valence electrons. The van der Waals surface area contributed by atoms with Crippen molar-refractivity contribution in [2.45, 2.75) is 18.4 Å². The minimum absolute atomic E-state index is 0.112. The first kappa shape index (κ1) is 16.3. The third kappa shape index (κ3) is 3.77. The summed E-state index contributed by atoms with van der Waals surface area (Å²) in [7, 11) is -3.77. The van der Waals surface area contributed by atoms with E-state index in [1.807, 2.05) is 0 Å². The average molecular weight is 391 g/mol. The van der Waals surface area contributed by atoms with Crippen LogP contribution in [0.25, 0.3) is 0 Å². The van der Waals surface area contributed by atoms with Gasteiger partial charge in [-0.15, -0.1) is 0 Å². The average Bonchev–Trinajstić information content (AvgIpc) is 2.41. The number of aliphatic hydroxyl groups is 1. The van der Waals surface area contributed by atoms with Crippen molar-refractivity contribution < 1.29 is 13.5 Å². The number of aliphatic hydroxyl groups excluding tert-OH is 1. The van der Waals surface area contributed by atoms with Gasteiger partial charge in [0, 0.05) is 9.50 Å². The first-order valence-corrected chi connectivity index (χ1v) is 8.67. The van der Waals surface area contributed by atoms with Crippen molar-refractivity contribution in [1.82, 2.24) is 0 Å². The van der Waals surface area contributed by atoms with Crippen molar-refractivity contribution in [1.29, 1.82) is 0 Å². The Morgan fingerprint density at radius 3 is 2.62 bits per heavy atom. The SMILES string of the molecule is Cc1c(Br)cc(CO)cc1S(=O)(=O)Nc1cccc(Cl)c1. The molecule has 0 saturated carbocycles. The first-order chi connectivity index (χ1) is 9.83. The third-order valence-electron chi connectivity index (χ3n) is 2.91. The van der Waals surface area contributed by atoms with Gasteiger partial charge < -0.3 is 5.11 Å². The maximum absolute atomic E-state index is 12.5. The Kier molecular flexibility index (Phi) is 4.93. The Hall–Kier alpha value is -1.08. The molecule has 21 heavy (non-hydrogen) atoms. The number of hydrogen-bond donors (Lipinski definition) is 2. The lowest BCUT2D eigenvalue weighted by molar-refractivity contribution is 0.281. The van der Waals surface area contributed by atoms with E-state index < -0.39 is 10.0 Å². The van der Waals surface area contributed by atoms with Crippen LogP contribution in [0.3, 0.4) is 0 Å². The van der Waals surface area contributed by atoms with Gasteiger partial charge >= 0.3 is 0 Å². The molecule has 0 aromatic heterocycles. The first-order valence-electron chi connectivity index (χ1n) is 6.02. The predicted molar refractivity (Wildman–Crippen MR) is 87.1 cm³/mol. The Morgan fingerprint density at radius 1 is 1.29 bits per heavy atom. The van der Waals surface area contributed by atoms with E-state index in [9.17, 15) is 13.5 Å². The van der Waals surface area contributed by atoms with Crippen molar-refractivity contribution >= 4 is 43.2 Å². The van der Waals surface area contributed by atoms with Crippen molar-refractivity contribution in [3.63, 3.8) is 0 Å². The van der Waals surface area contributed by atoms with Gasteiger partial charge in [-0.1, -0.05) is 33.6 Å². The maximum atomic E-state index is 12.5. The summed E-state index contributed by atoms with van der Waals surface area (Å²) < 4.78 is 28.1. The lowest BCUT2D eigenvalue weighted by Crippen LogP contribution is -2.15. The normalized spacial score (nSPS) is 11.4. The van der Waals surface area contributed by atoms with Crippen LogP contribution in [-0.4, -0.2) is 13.5 Å². The highest BCUT2D eigenvalue weighted by Gasteiger charge is 2.19. The Balaban J connectivity index is 2.47. The van der Waals surface area contributed by atoms with Gasteiger partial charge in [-0.25, -0.2) is 8.42 Å². The second-order valence-electron chi connectivity index (χ2n) is 4.47. The molecule has 0 unspecified atom stereocenters. The van der Waals surface area contributed by atoms with Gasteiger partial charge in [0.25, 0.3) is 10.0 Å². The molecule has 0 aliphatic rings. The molecule has 4 nitrogen and oxygen atoms in total. The molecule has 0 amide bonds. The topological polar surface area (TPSA) is 66.4 Å². The van der Waals surface area contributed by atoms with Gasteiger partial charge in [0.2, 0.25) is 0 Å². The van der Waals surface area contributed by atoms with Crippen LogP contribution in [-0.2, 0) is 16.6 Å². The van der Waals surface area contributed by atoms with Gasteiger partial charge in [0.05, 0.1) is 17.2 Å². The molecular formula is C14H13BrClNO3S. The van der Waals surface area contributed by atoms with Gasteiger partial charge in [-0.2, -0.15) is 0 Å². The molecular weight excluding hydrogens is 378 g/mol. The van der Waals surface area contributed by atoms with E-state index in [4.69, 9.17) is 11.6 Å². The maximum Gasteiger partial charge on any atom is 0.262 e. The molecule has 2 aromatic rings. The monoisotopic (exact) mass is 389 g/mol. The highest BCUT2D eigenvalue weighted by molar-refractivity contribution is 9.10. The molecule has 0 bridgehead atoms. The molecule has 7 heteroatoms. The second kappa shape index (κ2) is 6.36. The molecule has 0 saturated heterocycles. The molecule has 2 rings (SSSR count). The van der Waals surface area contributed by atoms with Crippen LogP contribution >= 0.6 is 27.5 Å². The number of benzene rings is 2. The van der Waals surface area contributed by atoms with Gasteiger partial charge in [-0.3, -0.25) is 4.72 Å². The smallest absolute Gasteiger partial charge is 0.262 e. The minimum Gasteiger partial charge on any atom is -0.392 e. The predicted octanol–water partition coefficient (Wildman–Crippen LogP) is 3.70. The van der Waals surface area contributed by atoms with Gasteiger partial charge in [-0.05, 0) is 48.4 Å². The molecule has 0 spiro atoms. The molecule has 0 aliphatic carbocycles. The molecule has 2 aromatic carbocycles. The van der Waals surface area contributed by atoms with E-state index in [1.165, 1.54) is 12.1 Å². The Labute approximate surface area is 136 Å². The number of rotatable bonds is 4. The van der Waals surface area contributed by atoms with Crippen molar-refractivity contribution in [2.24, 2.45) is 0 Å². The summed E-state index contributed by atoms with van der Waals surface area (Å²) >= 11 is 9.15. The molecule has 0 radical (unpaired) electrons. The fourth-order valence-electron chi connectivity index (χ4n) is 1.84. The summed E-state index contributed by atoms with van der Waals surface area (Å²) in [6.45, 7) is 1.45. The van der Waals surface area contributed by atoms with Crippen LogP contribution in [0, 0.1) is 6.92 Å². The van der Waals surface area contributed by atoms with Crippen LogP contribution in [0.2, 0.25) is 5.02 Å². The van der Waals surface area contributed by atoms with E-state index in [1.54, 1.807) is 31.2 Å². The summed E-state index contributed by atoms with van der Waals surface area (Å²) in [5.74, 6) is 0. The lowest BCUT2D eigenvalue weighted by Gasteiger charge is -2.13. The zero-order valence-electron chi connectivity index (χ0n) is 11.1. The largest absolute Gasteiger partial charge is 0.392 e. The molecule has 0 atom stereocenters. The standard InChI is InChI=1S/C14H13BrClNO3S/c1-9-13(15)5-10(8-18)6-14(9)21(19,20)17-12-4-2-3-11(16)7-12/h2-7,17-18H,8H2,1H3. The lowest BCUT2D eigenvalue weighted by atomic mass is 10.2. The highest BCUT2D eigenvalue weighted by atomic mass is 79.9. The minimum atomic E-state index is -3.77. The van der Waals surface area contributed by atoms with Gasteiger partial charge in [0.15, 0.2) is 0 Å². The number of sulfonamides is 1. The van der Waals surface area contributed by atoms with E-state index in [0.29, 0.717) is 26.3 Å². The number of halogens is 2. The Morgan fingerprint density at radius 2 is 2.00 bits per heavy atom. The van der Waals surface area contributed by atoms with E-state index in [-0.39, 0.29) is 11.5 Å². The fraction of sp³-hybridized carbons (Fsp3) is 0.143. The Bertz CT molecular complexity index is 778. The van der Waals surface area contributed by atoms with Crippen LogP contribution in [0.1, 0.15) is 11.1 Å². The number of hydrogen-bond acceptors (Lipinski definition) is 3. The van der Waals surface area contributed by atoms with Crippen molar-refractivity contribution in [3.05, 3.63) is 57.0 Å². The summed E-state index contributed by atoms with van der Waals surface area (Å²) in [6.07, 6.45) is 0. The zero-order chi connectivity index (χ0) is 15.6. The van der Waals surface area contributed by atoms with E-state index >= 15 is 0 Å². The summed E-state index contributed by atoms with van der Waals surface area (Å²) in [4.78, 5) is 0.112. The zero-order valence-corrected chi connectivity index (χ0v) is 14.3. The van der Waals surface area contributed by atoms with E-state index in [0.717, 1.165) is 0 Å². The summed E-state index contributed by atoms with van der Waals surface area (Å²) in [6, 6.07) is 9.60. The number of anilines is 1. The molecule has 0 aliphatic heterocycles. The second-order valence-corrected chi connectivity index (χ2v) is 7.42. The molecule has 0 fully saturated rings. The van der Waals surface area contributed by atoms with Crippen LogP contribution in [0.5, 0.6) is 0 Å². The summed E-state index contributed by atoms with van der Waals surface area (Å²) in [5, 5.41) is 9.66. The van der Waals surface area contributed by atoms with Crippen LogP contribution in [0.15, 0.2) is 45.8 Å².